The molecule has 0 amide bonds. The molecule has 96 valence electrons. The van der Waals surface area contributed by atoms with E-state index in [2.05, 4.69) is 32.8 Å². The Hall–Kier alpha value is -0.620. The van der Waals surface area contributed by atoms with Crippen LogP contribution in [0.2, 0.25) is 0 Å². The molecule has 2 atom stereocenters. The van der Waals surface area contributed by atoms with Crippen molar-refractivity contribution in [2.24, 2.45) is 5.84 Å². The summed E-state index contributed by atoms with van der Waals surface area (Å²) in [4.78, 5) is 1.49. The minimum atomic E-state index is 0.0306. The van der Waals surface area contributed by atoms with Gasteiger partial charge in [0.1, 0.15) is 5.76 Å². The molecule has 0 fully saturated rings. The van der Waals surface area contributed by atoms with Gasteiger partial charge >= 0.3 is 0 Å². The summed E-state index contributed by atoms with van der Waals surface area (Å²) >= 11 is 5.37. The van der Waals surface area contributed by atoms with Crippen LogP contribution in [0.15, 0.2) is 32.7 Å². The maximum absolute atomic E-state index is 5.76. The molecule has 1 aliphatic rings. The average Bonchev–Trinajstić information content (AvgIpc) is 3.00. The minimum Gasteiger partial charge on any atom is -0.466 e. The molecule has 3 nitrogen and oxygen atoms in total. The Kier molecular flexibility index (Phi) is 3.56. The molecule has 1 aliphatic carbocycles. The molecule has 0 spiro atoms. The van der Waals surface area contributed by atoms with Gasteiger partial charge in [0.15, 0.2) is 0 Å². The van der Waals surface area contributed by atoms with Crippen LogP contribution in [0.25, 0.3) is 0 Å². The molecule has 0 aliphatic heterocycles. The molecule has 2 unspecified atom stereocenters. The van der Waals surface area contributed by atoms with Gasteiger partial charge in [-0.25, -0.2) is 5.43 Å². The van der Waals surface area contributed by atoms with E-state index in [0.717, 1.165) is 16.7 Å². The Bertz CT molecular complexity index is 537. The Morgan fingerprint density at radius 3 is 3.11 bits per heavy atom. The topological polar surface area (TPSA) is 51.2 Å². The molecule has 2 aromatic heterocycles. The first-order chi connectivity index (χ1) is 8.81. The third-order valence-electron chi connectivity index (χ3n) is 3.61. The molecule has 3 rings (SSSR count). The SMILES string of the molecule is NNC(c1occc1Br)C1CCCc2sccc21. The lowest BCUT2D eigenvalue weighted by Gasteiger charge is -2.29. The van der Waals surface area contributed by atoms with Gasteiger partial charge in [0.05, 0.1) is 16.8 Å². The van der Waals surface area contributed by atoms with Gasteiger partial charge in [-0.05, 0) is 58.3 Å². The van der Waals surface area contributed by atoms with E-state index >= 15 is 0 Å². The largest absolute Gasteiger partial charge is 0.466 e. The van der Waals surface area contributed by atoms with E-state index in [1.807, 2.05) is 17.4 Å². The number of nitrogens with two attached hydrogens (primary N) is 1. The van der Waals surface area contributed by atoms with E-state index in [0.29, 0.717) is 5.92 Å². The van der Waals surface area contributed by atoms with Crippen LogP contribution in [0.3, 0.4) is 0 Å². The molecule has 2 aromatic rings. The van der Waals surface area contributed by atoms with Crippen molar-refractivity contribution >= 4 is 27.3 Å². The Balaban J connectivity index is 1.97. The first-order valence-electron chi connectivity index (χ1n) is 6.06. The molecule has 0 aromatic carbocycles. The number of nitrogens with one attached hydrogen (secondary N) is 1. The second-order valence-electron chi connectivity index (χ2n) is 4.57. The number of hydrazine groups is 1. The van der Waals surface area contributed by atoms with Crippen LogP contribution in [-0.2, 0) is 6.42 Å². The van der Waals surface area contributed by atoms with Crippen molar-refractivity contribution in [2.45, 2.75) is 31.2 Å². The summed E-state index contributed by atoms with van der Waals surface area (Å²) in [5.41, 5.74) is 4.35. The van der Waals surface area contributed by atoms with Crippen LogP contribution in [0.4, 0.5) is 0 Å². The summed E-state index contributed by atoms with van der Waals surface area (Å²) in [5.74, 6) is 7.05. The highest BCUT2D eigenvalue weighted by atomic mass is 79.9. The Morgan fingerprint density at radius 1 is 1.50 bits per heavy atom. The van der Waals surface area contributed by atoms with E-state index in [9.17, 15) is 0 Å². The van der Waals surface area contributed by atoms with Gasteiger partial charge in [-0.15, -0.1) is 11.3 Å². The van der Waals surface area contributed by atoms with E-state index < -0.39 is 0 Å². The number of thiophene rings is 1. The molecule has 18 heavy (non-hydrogen) atoms. The zero-order chi connectivity index (χ0) is 12.5. The van der Waals surface area contributed by atoms with Crippen LogP contribution >= 0.6 is 27.3 Å². The Morgan fingerprint density at radius 2 is 2.39 bits per heavy atom. The maximum Gasteiger partial charge on any atom is 0.136 e. The van der Waals surface area contributed by atoms with Crippen molar-refractivity contribution in [3.63, 3.8) is 0 Å². The van der Waals surface area contributed by atoms with Crippen molar-refractivity contribution in [3.05, 3.63) is 44.4 Å². The standard InChI is InChI=1S/C13H15BrN2OS/c14-10-4-6-17-13(10)12(16-15)9-2-1-3-11-8(9)5-7-18-11/h4-7,9,12,16H,1-3,15H2. The van der Waals surface area contributed by atoms with Crippen molar-refractivity contribution in [1.82, 2.24) is 5.43 Å². The number of aryl methyl sites for hydroxylation is 1. The van der Waals surface area contributed by atoms with Gasteiger partial charge in [-0.1, -0.05) is 0 Å². The molecule has 0 bridgehead atoms. The minimum absolute atomic E-state index is 0.0306. The fraction of sp³-hybridized carbons (Fsp3) is 0.385. The summed E-state index contributed by atoms with van der Waals surface area (Å²) < 4.78 is 6.56. The highest BCUT2D eigenvalue weighted by Crippen LogP contribution is 2.43. The normalized spacial score (nSPS) is 20.7. The predicted octanol–water partition coefficient (Wildman–Crippen LogP) is 3.73. The van der Waals surface area contributed by atoms with Crippen LogP contribution in [0.5, 0.6) is 0 Å². The first kappa shape index (κ1) is 12.4. The molecule has 0 saturated heterocycles. The lowest BCUT2D eigenvalue weighted by molar-refractivity contribution is 0.345. The van der Waals surface area contributed by atoms with Crippen LogP contribution in [0, 0.1) is 0 Å². The summed E-state index contributed by atoms with van der Waals surface area (Å²) in [5, 5.41) is 2.17. The second kappa shape index (κ2) is 5.17. The van der Waals surface area contributed by atoms with E-state index in [-0.39, 0.29) is 6.04 Å². The van der Waals surface area contributed by atoms with Crippen LogP contribution in [0.1, 0.15) is 41.0 Å². The smallest absolute Gasteiger partial charge is 0.136 e. The quantitative estimate of drug-likeness (QED) is 0.667. The van der Waals surface area contributed by atoms with Crippen LogP contribution in [-0.4, -0.2) is 0 Å². The molecule has 3 N–H and O–H groups in total. The maximum atomic E-state index is 5.76. The summed E-state index contributed by atoms with van der Waals surface area (Å²) in [7, 11) is 0. The van der Waals surface area contributed by atoms with Crippen molar-refractivity contribution in [2.75, 3.05) is 0 Å². The molecule has 2 heterocycles. The van der Waals surface area contributed by atoms with Crippen molar-refractivity contribution in [3.8, 4) is 0 Å². The van der Waals surface area contributed by atoms with Gasteiger partial charge in [0.2, 0.25) is 0 Å². The molecule has 0 radical (unpaired) electrons. The van der Waals surface area contributed by atoms with E-state index in [1.54, 1.807) is 6.26 Å². The summed E-state index contributed by atoms with van der Waals surface area (Å²) in [6.45, 7) is 0. The average molecular weight is 327 g/mol. The van der Waals surface area contributed by atoms with Crippen molar-refractivity contribution in [1.29, 1.82) is 0 Å². The number of fused-ring (bicyclic) bond motifs is 1. The Labute approximate surface area is 118 Å². The predicted molar refractivity (Wildman–Crippen MR) is 76.5 cm³/mol. The zero-order valence-corrected chi connectivity index (χ0v) is 12.3. The number of hydrogen-bond acceptors (Lipinski definition) is 4. The monoisotopic (exact) mass is 326 g/mol. The lowest BCUT2D eigenvalue weighted by atomic mass is 9.82. The fourth-order valence-electron chi connectivity index (χ4n) is 2.77. The number of rotatable bonds is 3. The number of hydrogen-bond donors (Lipinski definition) is 2. The molecule has 0 saturated carbocycles. The van der Waals surface area contributed by atoms with Gasteiger partial charge in [0.25, 0.3) is 0 Å². The van der Waals surface area contributed by atoms with Gasteiger partial charge in [-0.2, -0.15) is 0 Å². The highest BCUT2D eigenvalue weighted by Gasteiger charge is 2.31. The van der Waals surface area contributed by atoms with Crippen molar-refractivity contribution < 1.29 is 4.42 Å². The highest BCUT2D eigenvalue weighted by molar-refractivity contribution is 9.10. The molecular formula is C13H15BrN2OS. The number of furan rings is 1. The molecular weight excluding hydrogens is 312 g/mol. The van der Waals surface area contributed by atoms with Gasteiger partial charge < -0.3 is 4.42 Å². The van der Waals surface area contributed by atoms with Gasteiger partial charge in [0, 0.05) is 10.8 Å². The second-order valence-corrected chi connectivity index (χ2v) is 6.43. The fourth-order valence-corrected chi connectivity index (χ4v) is 4.21. The van der Waals surface area contributed by atoms with Gasteiger partial charge in [-0.3, -0.25) is 5.84 Å². The van der Waals surface area contributed by atoms with E-state index in [1.165, 1.54) is 23.3 Å². The summed E-state index contributed by atoms with van der Waals surface area (Å²) in [6, 6.07) is 4.17. The lowest BCUT2D eigenvalue weighted by Crippen LogP contribution is -2.33. The first-order valence-corrected chi connectivity index (χ1v) is 7.74. The third kappa shape index (κ3) is 2.05. The third-order valence-corrected chi connectivity index (χ3v) is 5.26. The zero-order valence-electron chi connectivity index (χ0n) is 9.86. The van der Waals surface area contributed by atoms with E-state index in [4.69, 9.17) is 10.3 Å². The molecule has 5 heteroatoms. The van der Waals surface area contributed by atoms with Crippen LogP contribution < -0.4 is 11.3 Å². The summed E-state index contributed by atoms with van der Waals surface area (Å²) in [6.07, 6.45) is 5.25. The number of halogens is 1.